The van der Waals surface area contributed by atoms with E-state index in [9.17, 15) is 19.5 Å². The zero-order chi connectivity index (χ0) is 21.5. The number of hydrogen-bond donors (Lipinski definition) is 2. The lowest BCUT2D eigenvalue weighted by Gasteiger charge is -2.36. The lowest BCUT2D eigenvalue weighted by molar-refractivity contribution is -0.152. The van der Waals surface area contributed by atoms with Crippen molar-refractivity contribution in [2.24, 2.45) is 0 Å². The summed E-state index contributed by atoms with van der Waals surface area (Å²) in [5, 5.41) is 12.1. The van der Waals surface area contributed by atoms with E-state index in [0.717, 1.165) is 22.3 Å². The molecule has 1 aliphatic carbocycles. The third-order valence-corrected chi connectivity index (χ3v) is 6.76. The Hall–Kier alpha value is -3.35. The summed E-state index contributed by atoms with van der Waals surface area (Å²) in [6.07, 6.45) is 1.69. The van der Waals surface area contributed by atoms with Crippen molar-refractivity contribution in [3.63, 3.8) is 0 Å². The highest BCUT2D eigenvalue weighted by Crippen LogP contribution is 2.44. The summed E-state index contributed by atoms with van der Waals surface area (Å²) in [7, 11) is 0. The largest absolute Gasteiger partial charge is 0.480 e. The van der Waals surface area contributed by atoms with Crippen LogP contribution in [-0.2, 0) is 14.3 Å². The SMILES string of the molecule is O=C(N[C@@H]1CC[C@H]2CCC(C(=O)O)N2C1=O)OCC1c2ccccc2-c2ccccc21. The summed E-state index contributed by atoms with van der Waals surface area (Å²) in [6.45, 7) is 0.171. The van der Waals surface area contributed by atoms with E-state index in [2.05, 4.69) is 17.4 Å². The van der Waals surface area contributed by atoms with Gasteiger partial charge in [0, 0.05) is 12.0 Å². The van der Waals surface area contributed by atoms with Crippen LogP contribution >= 0.6 is 0 Å². The van der Waals surface area contributed by atoms with Crippen molar-refractivity contribution in [3.05, 3.63) is 59.7 Å². The number of hydrogen-bond acceptors (Lipinski definition) is 4. The van der Waals surface area contributed by atoms with Crippen LogP contribution in [0.1, 0.15) is 42.7 Å². The van der Waals surface area contributed by atoms with Crippen molar-refractivity contribution in [1.82, 2.24) is 10.2 Å². The van der Waals surface area contributed by atoms with Crippen LogP contribution in [-0.4, -0.2) is 52.7 Å². The molecule has 2 heterocycles. The molecule has 2 amide bonds. The van der Waals surface area contributed by atoms with Crippen molar-refractivity contribution >= 4 is 18.0 Å². The first-order valence-corrected chi connectivity index (χ1v) is 10.7. The van der Waals surface area contributed by atoms with E-state index in [1.807, 2.05) is 36.4 Å². The van der Waals surface area contributed by atoms with E-state index < -0.39 is 24.1 Å². The maximum absolute atomic E-state index is 12.8. The van der Waals surface area contributed by atoms with E-state index in [4.69, 9.17) is 4.74 Å². The van der Waals surface area contributed by atoms with Gasteiger partial charge >= 0.3 is 12.1 Å². The normalized spacial score (nSPS) is 24.3. The number of carboxylic acids is 1. The maximum Gasteiger partial charge on any atom is 0.407 e. The summed E-state index contributed by atoms with van der Waals surface area (Å²) in [6, 6.07) is 14.6. The molecule has 2 saturated heterocycles. The van der Waals surface area contributed by atoms with E-state index in [1.54, 1.807) is 0 Å². The standard InChI is InChI=1S/C24H24N2O5/c27-22-20(11-9-14-10-12-21(23(28)29)26(14)22)25-24(30)31-13-19-17-7-3-1-5-15(17)16-6-2-4-8-18(16)19/h1-8,14,19-21H,9-13H2,(H,25,30)(H,28,29)/t14-,20+,21?/m0/s1. The van der Waals surface area contributed by atoms with E-state index in [-0.39, 0.29) is 24.5 Å². The molecule has 0 bridgehead atoms. The second-order valence-corrected chi connectivity index (χ2v) is 8.43. The predicted octanol–water partition coefficient (Wildman–Crippen LogP) is 3.13. The molecule has 0 spiro atoms. The molecule has 0 saturated carbocycles. The number of nitrogens with one attached hydrogen (secondary N) is 1. The van der Waals surface area contributed by atoms with E-state index in [0.29, 0.717) is 25.7 Å². The number of ether oxygens (including phenoxy) is 1. The number of piperidine rings is 1. The zero-order valence-electron chi connectivity index (χ0n) is 17.0. The van der Waals surface area contributed by atoms with E-state index >= 15 is 0 Å². The Kier molecular flexibility index (Phi) is 4.88. The summed E-state index contributed by atoms with van der Waals surface area (Å²) in [4.78, 5) is 38.3. The molecule has 3 atom stereocenters. The van der Waals surface area contributed by atoms with Crippen molar-refractivity contribution in [2.45, 2.75) is 49.7 Å². The fourth-order valence-electron chi connectivity index (χ4n) is 5.32. The van der Waals surface area contributed by atoms with Crippen molar-refractivity contribution in [2.75, 3.05) is 6.61 Å². The highest BCUT2D eigenvalue weighted by Gasteiger charge is 2.46. The van der Waals surface area contributed by atoms with Crippen LogP contribution in [0.15, 0.2) is 48.5 Å². The molecule has 5 rings (SSSR count). The molecule has 0 radical (unpaired) electrons. The van der Waals surface area contributed by atoms with Gasteiger partial charge in [-0.2, -0.15) is 0 Å². The average Bonchev–Trinajstić information content (AvgIpc) is 3.34. The smallest absolute Gasteiger partial charge is 0.407 e. The van der Waals surface area contributed by atoms with Crippen LogP contribution in [0.4, 0.5) is 4.79 Å². The van der Waals surface area contributed by atoms with Crippen LogP contribution in [0.2, 0.25) is 0 Å². The number of carbonyl (C=O) groups excluding carboxylic acids is 2. The van der Waals surface area contributed by atoms with Crippen LogP contribution < -0.4 is 5.32 Å². The Morgan fingerprint density at radius 3 is 2.23 bits per heavy atom. The monoisotopic (exact) mass is 420 g/mol. The Morgan fingerprint density at radius 2 is 1.58 bits per heavy atom. The first-order chi connectivity index (χ1) is 15.0. The maximum atomic E-state index is 12.8. The first-order valence-electron chi connectivity index (χ1n) is 10.7. The topological polar surface area (TPSA) is 95.9 Å². The van der Waals surface area contributed by atoms with Gasteiger partial charge in [-0.1, -0.05) is 48.5 Å². The number of carboxylic acid groups (broad SMARTS) is 1. The third-order valence-electron chi connectivity index (χ3n) is 6.76. The van der Waals surface area contributed by atoms with Gasteiger partial charge in [0.2, 0.25) is 5.91 Å². The molecule has 2 aliphatic heterocycles. The number of amides is 2. The van der Waals surface area contributed by atoms with Crippen molar-refractivity contribution in [1.29, 1.82) is 0 Å². The average molecular weight is 420 g/mol. The van der Waals surface area contributed by atoms with Gasteiger partial charge in [0.05, 0.1) is 0 Å². The van der Waals surface area contributed by atoms with Crippen molar-refractivity contribution in [3.8, 4) is 11.1 Å². The van der Waals surface area contributed by atoms with Crippen LogP contribution in [0.25, 0.3) is 11.1 Å². The van der Waals surface area contributed by atoms with Gasteiger partial charge < -0.3 is 20.1 Å². The van der Waals surface area contributed by atoms with Gasteiger partial charge in [-0.15, -0.1) is 0 Å². The van der Waals surface area contributed by atoms with Crippen LogP contribution in [0, 0.1) is 0 Å². The fourth-order valence-corrected chi connectivity index (χ4v) is 5.32. The summed E-state index contributed by atoms with van der Waals surface area (Å²) >= 11 is 0. The first kappa shape index (κ1) is 19.6. The molecule has 1 unspecified atom stereocenters. The molecule has 3 aliphatic rings. The van der Waals surface area contributed by atoms with E-state index in [1.165, 1.54) is 4.90 Å². The lowest BCUT2D eigenvalue weighted by Crippen LogP contribution is -2.57. The Bertz CT molecular complexity index is 1010. The summed E-state index contributed by atoms with van der Waals surface area (Å²) in [5.74, 6) is -1.37. The highest BCUT2D eigenvalue weighted by atomic mass is 16.5. The number of carbonyl (C=O) groups is 3. The molecule has 0 aromatic heterocycles. The Morgan fingerprint density at radius 1 is 0.968 bits per heavy atom. The second-order valence-electron chi connectivity index (χ2n) is 8.43. The molecule has 31 heavy (non-hydrogen) atoms. The van der Waals surface area contributed by atoms with Crippen LogP contribution in [0.3, 0.4) is 0 Å². The molecule has 160 valence electrons. The van der Waals surface area contributed by atoms with Gasteiger partial charge in [-0.3, -0.25) is 4.79 Å². The lowest BCUT2D eigenvalue weighted by atomic mass is 9.98. The Labute approximate surface area is 180 Å². The highest BCUT2D eigenvalue weighted by molar-refractivity contribution is 5.90. The molecule has 7 nitrogen and oxygen atoms in total. The molecule has 2 aromatic carbocycles. The zero-order valence-corrected chi connectivity index (χ0v) is 17.0. The minimum atomic E-state index is -0.988. The number of fused-ring (bicyclic) bond motifs is 4. The van der Waals surface area contributed by atoms with Gasteiger partial charge in [0.25, 0.3) is 0 Å². The molecular formula is C24H24N2O5. The summed E-state index contributed by atoms with van der Waals surface area (Å²) in [5.41, 5.74) is 4.53. The minimum absolute atomic E-state index is 0.0471. The third kappa shape index (κ3) is 3.34. The van der Waals surface area contributed by atoms with Gasteiger partial charge in [0.15, 0.2) is 0 Å². The molecular weight excluding hydrogens is 396 g/mol. The number of aliphatic carboxylic acids is 1. The predicted molar refractivity (Wildman–Crippen MR) is 113 cm³/mol. The quantitative estimate of drug-likeness (QED) is 0.792. The Balaban J connectivity index is 1.25. The van der Waals surface area contributed by atoms with Gasteiger partial charge in [-0.05, 0) is 47.9 Å². The molecule has 2 N–H and O–H groups in total. The molecule has 7 heteroatoms. The van der Waals surface area contributed by atoms with Gasteiger partial charge in [0.1, 0.15) is 18.7 Å². The molecule has 2 fully saturated rings. The second kappa shape index (κ2) is 7.72. The van der Waals surface area contributed by atoms with Crippen molar-refractivity contribution < 1.29 is 24.2 Å². The number of benzene rings is 2. The summed E-state index contributed by atoms with van der Waals surface area (Å²) < 4.78 is 5.54. The van der Waals surface area contributed by atoms with Crippen LogP contribution in [0.5, 0.6) is 0 Å². The molecule has 2 aromatic rings. The fraction of sp³-hybridized carbons (Fsp3) is 0.375. The number of rotatable bonds is 4. The number of alkyl carbamates (subject to hydrolysis) is 1. The minimum Gasteiger partial charge on any atom is -0.480 e. The van der Waals surface area contributed by atoms with Gasteiger partial charge in [-0.25, -0.2) is 9.59 Å². The number of nitrogens with zero attached hydrogens (tertiary/aromatic N) is 1.